The molecule has 3 rings (SSSR count). The van der Waals surface area contributed by atoms with Crippen LogP contribution in [0.25, 0.3) is 10.9 Å². The standard InChI is InChI=1S/C27H32ClN3O2Si/c1-8-9-25(32)20-10-12-24-22(14-20)27(30-16-29-24)31-21-11-13-26(23(28)15-21)33-34(17(2)3,18(4)5)19(6)7/h10-19H,1-7H3,(H,29,30,31). The van der Waals surface area contributed by atoms with E-state index in [2.05, 4.69) is 68.7 Å². The Morgan fingerprint density at radius 1 is 1.00 bits per heavy atom. The Morgan fingerprint density at radius 2 is 1.68 bits per heavy atom. The number of aromatic nitrogens is 2. The summed E-state index contributed by atoms with van der Waals surface area (Å²) in [6.07, 6.45) is 1.49. The lowest BCUT2D eigenvalue weighted by molar-refractivity contribution is 0.105. The molecule has 0 atom stereocenters. The van der Waals surface area contributed by atoms with Crippen LogP contribution in [0.2, 0.25) is 21.6 Å². The van der Waals surface area contributed by atoms with E-state index in [0.717, 1.165) is 16.6 Å². The van der Waals surface area contributed by atoms with Crippen molar-refractivity contribution in [1.29, 1.82) is 0 Å². The molecule has 0 saturated heterocycles. The highest BCUT2D eigenvalue weighted by Crippen LogP contribution is 2.44. The fourth-order valence-corrected chi connectivity index (χ4v) is 10.4. The zero-order valence-electron chi connectivity index (χ0n) is 20.9. The van der Waals surface area contributed by atoms with Gasteiger partial charge in [0.1, 0.15) is 17.9 Å². The number of fused-ring (bicyclic) bond motifs is 1. The average molecular weight is 494 g/mol. The van der Waals surface area contributed by atoms with E-state index in [1.807, 2.05) is 18.2 Å². The molecule has 0 fully saturated rings. The first-order valence-electron chi connectivity index (χ1n) is 11.6. The van der Waals surface area contributed by atoms with Crippen molar-refractivity contribution < 1.29 is 9.22 Å². The number of rotatable bonds is 8. The van der Waals surface area contributed by atoms with Gasteiger partial charge in [-0.3, -0.25) is 4.79 Å². The summed E-state index contributed by atoms with van der Waals surface area (Å²) in [7, 11) is -2.12. The Labute approximate surface area is 208 Å². The third-order valence-corrected chi connectivity index (χ3v) is 12.6. The minimum absolute atomic E-state index is 0.239. The normalized spacial score (nSPS) is 11.6. The van der Waals surface area contributed by atoms with Gasteiger partial charge < -0.3 is 9.74 Å². The Kier molecular flexibility index (Phi) is 8.01. The van der Waals surface area contributed by atoms with Crippen molar-refractivity contribution in [3.05, 3.63) is 53.3 Å². The van der Waals surface area contributed by atoms with Gasteiger partial charge in [-0.05, 0) is 65.9 Å². The van der Waals surface area contributed by atoms with E-state index in [1.165, 1.54) is 6.33 Å². The first-order valence-corrected chi connectivity index (χ1v) is 14.1. The molecule has 3 aromatic rings. The molecule has 1 heterocycles. The van der Waals surface area contributed by atoms with Crippen LogP contribution in [0.5, 0.6) is 5.75 Å². The molecule has 178 valence electrons. The molecule has 1 N–H and O–H groups in total. The fraction of sp³-hybridized carbons (Fsp3) is 0.370. The molecule has 5 nitrogen and oxygen atoms in total. The van der Waals surface area contributed by atoms with Crippen molar-refractivity contribution in [2.24, 2.45) is 0 Å². The molecule has 0 aliphatic heterocycles. The number of nitrogens with one attached hydrogen (secondary N) is 1. The summed E-state index contributed by atoms with van der Waals surface area (Å²) in [6.45, 7) is 15.1. The summed E-state index contributed by atoms with van der Waals surface area (Å²) in [6, 6.07) is 11.0. The predicted molar refractivity (Wildman–Crippen MR) is 144 cm³/mol. The van der Waals surface area contributed by atoms with Gasteiger partial charge in [0, 0.05) is 16.6 Å². The lowest BCUT2D eigenvalue weighted by Gasteiger charge is -2.42. The Bertz CT molecular complexity index is 1240. The Hall–Kier alpha value is -2.88. The molecule has 0 aliphatic carbocycles. The van der Waals surface area contributed by atoms with Crippen molar-refractivity contribution >= 4 is 48.1 Å². The minimum atomic E-state index is -2.12. The molecule has 0 saturated carbocycles. The van der Waals surface area contributed by atoms with Crippen LogP contribution < -0.4 is 9.74 Å². The van der Waals surface area contributed by atoms with Gasteiger partial charge in [-0.1, -0.05) is 59.1 Å². The van der Waals surface area contributed by atoms with Crippen LogP contribution in [0.3, 0.4) is 0 Å². The third-order valence-electron chi connectivity index (χ3n) is 6.32. The van der Waals surface area contributed by atoms with E-state index in [9.17, 15) is 4.79 Å². The molecule has 7 heteroatoms. The average Bonchev–Trinajstić information content (AvgIpc) is 2.78. The summed E-state index contributed by atoms with van der Waals surface area (Å²) >= 11 is 6.70. The lowest BCUT2D eigenvalue weighted by Crippen LogP contribution is -2.50. The second kappa shape index (κ2) is 10.6. The number of benzene rings is 2. The second-order valence-electron chi connectivity index (χ2n) is 9.35. The van der Waals surface area contributed by atoms with Gasteiger partial charge in [-0.15, -0.1) is 0 Å². The van der Waals surface area contributed by atoms with Gasteiger partial charge in [-0.2, -0.15) is 0 Å². The first-order chi connectivity index (χ1) is 16.1. The maximum absolute atomic E-state index is 12.2. The second-order valence-corrected chi connectivity index (χ2v) is 15.1. The number of carbonyl (C=O) groups excluding carboxylic acids is 1. The number of carbonyl (C=O) groups is 1. The van der Waals surface area contributed by atoms with E-state index >= 15 is 0 Å². The van der Waals surface area contributed by atoms with E-state index in [-0.39, 0.29) is 5.78 Å². The molecular weight excluding hydrogens is 462 g/mol. The zero-order chi connectivity index (χ0) is 25.0. The molecule has 0 radical (unpaired) electrons. The van der Waals surface area contributed by atoms with Crippen LogP contribution in [0.1, 0.15) is 58.8 Å². The molecule has 0 amide bonds. The highest BCUT2D eigenvalue weighted by atomic mass is 35.5. The zero-order valence-corrected chi connectivity index (χ0v) is 22.6. The summed E-state index contributed by atoms with van der Waals surface area (Å²) in [5.41, 5.74) is 3.34. The molecule has 0 unspecified atom stereocenters. The number of nitrogens with zero attached hydrogens (tertiary/aromatic N) is 2. The number of ketones is 1. The van der Waals surface area contributed by atoms with Crippen LogP contribution >= 0.6 is 11.6 Å². The maximum atomic E-state index is 12.2. The van der Waals surface area contributed by atoms with Crippen LogP contribution in [0.4, 0.5) is 11.5 Å². The van der Waals surface area contributed by atoms with E-state index in [1.54, 1.807) is 25.1 Å². The van der Waals surface area contributed by atoms with Gasteiger partial charge in [0.15, 0.2) is 0 Å². The molecule has 2 aromatic carbocycles. The predicted octanol–water partition coefficient (Wildman–Crippen LogP) is 7.79. The summed E-state index contributed by atoms with van der Waals surface area (Å²) in [5, 5.41) is 4.60. The molecule has 0 spiro atoms. The first kappa shape index (κ1) is 25.7. The minimum Gasteiger partial charge on any atom is -0.542 e. The summed E-state index contributed by atoms with van der Waals surface area (Å²) < 4.78 is 6.76. The molecule has 1 aromatic heterocycles. The molecule has 0 bridgehead atoms. The van der Waals surface area contributed by atoms with Crippen molar-refractivity contribution in [2.75, 3.05) is 5.32 Å². The van der Waals surface area contributed by atoms with Crippen LogP contribution in [-0.2, 0) is 0 Å². The van der Waals surface area contributed by atoms with Gasteiger partial charge in [0.25, 0.3) is 8.32 Å². The number of hydrogen-bond acceptors (Lipinski definition) is 5. The number of hydrogen-bond donors (Lipinski definition) is 1. The van der Waals surface area contributed by atoms with E-state index in [0.29, 0.717) is 38.8 Å². The molecular formula is C27H32ClN3O2Si. The van der Waals surface area contributed by atoms with Crippen LogP contribution in [-0.4, -0.2) is 24.1 Å². The SMILES string of the molecule is CC#CC(=O)c1ccc2ncnc(Nc3ccc(O[Si](C(C)C)(C(C)C)C(C)C)c(Cl)c3)c2c1. The maximum Gasteiger partial charge on any atom is 0.258 e. The fourth-order valence-electron chi connectivity index (χ4n) is 4.83. The van der Waals surface area contributed by atoms with Gasteiger partial charge >= 0.3 is 0 Å². The van der Waals surface area contributed by atoms with E-state index in [4.69, 9.17) is 16.0 Å². The smallest absolute Gasteiger partial charge is 0.258 e. The highest BCUT2D eigenvalue weighted by Gasteiger charge is 2.47. The van der Waals surface area contributed by atoms with Crippen LogP contribution in [0, 0.1) is 11.8 Å². The summed E-state index contributed by atoms with van der Waals surface area (Å²) in [4.78, 5) is 20.9. The third kappa shape index (κ3) is 5.11. The number of Topliss-reactive ketones (excluding diaryl/α,β-unsaturated/α-hetero) is 1. The number of halogens is 1. The van der Waals surface area contributed by atoms with Gasteiger partial charge in [0.05, 0.1) is 10.5 Å². The lowest BCUT2D eigenvalue weighted by atomic mass is 10.1. The van der Waals surface area contributed by atoms with Crippen LogP contribution in [0.15, 0.2) is 42.7 Å². The quantitative estimate of drug-likeness (QED) is 0.150. The van der Waals surface area contributed by atoms with E-state index < -0.39 is 8.32 Å². The number of anilines is 2. The molecule has 34 heavy (non-hydrogen) atoms. The van der Waals surface area contributed by atoms with Crippen molar-refractivity contribution in [1.82, 2.24) is 9.97 Å². The topological polar surface area (TPSA) is 64.1 Å². The van der Waals surface area contributed by atoms with Gasteiger partial charge in [-0.25, -0.2) is 9.97 Å². The van der Waals surface area contributed by atoms with Gasteiger partial charge in [0.2, 0.25) is 5.78 Å². The summed E-state index contributed by atoms with van der Waals surface area (Å²) in [5.74, 6) is 6.28. The van der Waals surface area contributed by atoms with Crippen molar-refractivity contribution in [3.63, 3.8) is 0 Å². The monoisotopic (exact) mass is 493 g/mol. The molecule has 0 aliphatic rings. The van der Waals surface area contributed by atoms with Crippen molar-refractivity contribution in [2.45, 2.75) is 65.1 Å². The Morgan fingerprint density at radius 3 is 2.26 bits per heavy atom. The highest BCUT2D eigenvalue weighted by molar-refractivity contribution is 6.78. The Balaban J connectivity index is 1.95. The van der Waals surface area contributed by atoms with Crippen molar-refractivity contribution in [3.8, 4) is 17.6 Å². The largest absolute Gasteiger partial charge is 0.542 e.